The molecule has 0 radical (unpaired) electrons. The number of rotatable bonds is 6. The van der Waals surface area contributed by atoms with Crippen molar-refractivity contribution in [2.45, 2.75) is 32.4 Å². The summed E-state index contributed by atoms with van der Waals surface area (Å²) in [7, 11) is 1.67. The van der Waals surface area contributed by atoms with Gasteiger partial charge in [0.15, 0.2) is 0 Å². The van der Waals surface area contributed by atoms with Crippen LogP contribution in [0.1, 0.15) is 19.4 Å². The maximum Gasteiger partial charge on any atom is 0.118 e. The summed E-state index contributed by atoms with van der Waals surface area (Å²) < 4.78 is 5.11. The number of aliphatic hydroxyl groups is 1. The first-order valence-corrected chi connectivity index (χ1v) is 5.65. The van der Waals surface area contributed by atoms with Gasteiger partial charge in [0.1, 0.15) is 5.75 Å². The van der Waals surface area contributed by atoms with Gasteiger partial charge in [-0.25, -0.2) is 0 Å². The molecule has 16 heavy (non-hydrogen) atoms. The fraction of sp³-hybridized carbons (Fsp3) is 0.538. The van der Waals surface area contributed by atoms with E-state index in [4.69, 9.17) is 9.84 Å². The summed E-state index contributed by atoms with van der Waals surface area (Å²) in [5.74, 6) is 0.882. The second-order valence-electron chi connectivity index (χ2n) is 4.20. The third kappa shape index (κ3) is 4.21. The standard InChI is InChI=1S/C13H21NO2/c1-10(14-11(2)9-15)8-12-4-6-13(16-3)7-5-12/h4-7,10-11,14-15H,8-9H2,1-3H3/t10?,11-/m1/s1. The normalized spacial score (nSPS) is 14.5. The van der Waals surface area contributed by atoms with E-state index in [1.807, 2.05) is 19.1 Å². The SMILES string of the molecule is COc1ccc(CC(C)N[C@H](C)CO)cc1. The number of aliphatic hydroxyl groups excluding tert-OH is 1. The Kier molecular flexibility index (Phi) is 5.29. The summed E-state index contributed by atoms with van der Waals surface area (Å²) >= 11 is 0. The van der Waals surface area contributed by atoms with Crippen molar-refractivity contribution < 1.29 is 9.84 Å². The van der Waals surface area contributed by atoms with Crippen molar-refractivity contribution in [1.29, 1.82) is 0 Å². The molecule has 0 saturated heterocycles. The minimum atomic E-state index is 0.147. The molecule has 1 aromatic carbocycles. The number of methoxy groups -OCH3 is 1. The van der Waals surface area contributed by atoms with Gasteiger partial charge in [-0.1, -0.05) is 12.1 Å². The molecule has 3 nitrogen and oxygen atoms in total. The van der Waals surface area contributed by atoms with Crippen LogP contribution in [0.2, 0.25) is 0 Å². The average Bonchev–Trinajstić information content (AvgIpc) is 2.29. The Hall–Kier alpha value is -1.06. The molecule has 0 amide bonds. The number of benzene rings is 1. The van der Waals surface area contributed by atoms with Gasteiger partial charge in [-0.3, -0.25) is 0 Å². The molecule has 2 atom stereocenters. The van der Waals surface area contributed by atoms with Gasteiger partial charge in [-0.05, 0) is 38.0 Å². The summed E-state index contributed by atoms with van der Waals surface area (Å²) in [6, 6.07) is 8.58. The lowest BCUT2D eigenvalue weighted by Crippen LogP contribution is -2.37. The van der Waals surface area contributed by atoms with Crippen LogP contribution in [0, 0.1) is 0 Å². The number of nitrogens with one attached hydrogen (secondary N) is 1. The zero-order chi connectivity index (χ0) is 12.0. The summed E-state index contributed by atoms with van der Waals surface area (Å²) in [6.07, 6.45) is 0.953. The minimum Gasteiger partial charge on any atom is -0.497 e. The number of ether oxygens (including phenoxy) is 1. The highest BCUT2D eigenvalue weighted by Crippen LogP contribution is 2.12. The predicted octanol–water partition coefficient (Wildman–Crippen LogP) is 1.60. The molecule has 0 bridgehead atoms. The molecule has 0 aromatic heterocycles. The van der Waals surface area contributed by atoms with Gasteiger partial charge in [0.25, 0.3) is 0 Å². The number of hydrogen-bond acceptors (Lipinski definition) is 3. The molecule has 1 aromatic rings. The Balaban J connectivity index is 2.46. The van der Waals surface area contributed by atoms with Crippen molar-refractivity contribution in [2.24, 2.45) is 0 Å². The Morgan fingerprint density at radius 3 is 2.31 bits per heavy atom. The highest BCUT2D eigenvalue weighted by molar-refractivity contribution is 5.27. The predicted molar refractivity (Wildman–Crippen MR) is 65.8 cm³/mol. The van der Waals surface area contributed by atoms with Crippen LogP contribution in [-0.4, -0.2) is 30.9 Å². The molecular formula is C13H21NO2. The van der Waals surface area contributed by atoms with E-state index in [0.29, 0.717) is 6.04 Å². The topological polar surface area (TPSA) is 41.5 Å². The largest absolute Gasteiger partial charge is 0.497 e. The van der Waals surface area contributed by atoms with Crippen LogP contribution in [0.4, 0.5) is 0 Å². The van der Waals surface area contributed by atoms with Crippen molar-refractivity contribution in [3.63, 3.8) is 0 Å². The third-order valence-electron chi connectivity index (χ3n) is 2.54. The maximum absolute atomic E-state index is 8.94. The highest BCUT2D eigenvalue weighted by Gasteiger charge is 2.07. The van der Waals surface area contributed by atoms with Crippen molar-refractivity contribution in [2.75, 3.05) is 13.7 Å². The fourth-order valence-corrected chi connectivity index (χ4v) is 1.71. The lowest BCUT2D eigenvalue weighted by molar-refractivity contribution is 0.242. The maximum atomic E-state index is 8.94. The average molecular weight is 223 g/mol. The second-order valence-corrected chi connectivity index (χ2v) is 4.20. The molecule has 0 heterocycles. The van der Waals surface area contributed by atoms with Crippen LogP contribution in [0.15, 0.2) is 24.3 Å². The molecule has 3 heteroatoms. The molecule has 0 aliphatic rings. The van der Waals surface area contributed by atoms with Crippen molar-refractivity contribution in [3.05, 3.63) is 29.8 Å². The van der Waals surface area contributed by atoms with Gasteiger partial charge in [0.05, 0.1) is 13.7 Å². The first kappa shape index (κ1) is 13.0. The van der Waals surface area contributed by atoms with E-state index in [2.05, 4.69) is 24.4 Å². The summed E-state index contributed by atoms with van der Waals surface area (Å²) in [5, 5.41) is 12.3. The zero-order valence-corrected chi connectivity index (χ0v) is 10.2. The molecule has 0 fully saturated rings. The lowest BCUT2D eigenvalue weighted by Gasteiger charge is -2.18. The molecule has 0 spiro atoms. The monoisotopic (exact) mass is 223 g/mol. The van der Waals surface area contributed by atoms with E-state index in [-0.39, 0.29) is 12.6 Å². The summed E-state index contributed by atoms with van der Waals surface area (Å²) in [5.41, 5.74) is 1.27. The van der Waals surface area contributed by atoms with E-state index < -0.39 is 0 Å². The molecule has 1 unspecified atom stereocenters. The van der Waals surface area contributed by atoms with E-state index in [9.17, 15) is 0 Å². The lowest BCUT2D eigenvalue weighted by atomic mass is 10.1. The Labute approximate surface area is 97.4 Å². The molecule has 1 rings (SSSR count). The van der Waals surface area contributed by atoms with Gasteiger partial charge in [-0.15, -0.1) is 0 Å². The van der Waals surface area contributed by atoms with Gasteiger partial charge in [-0.2, -0.15) is 0 Å². The molecule has 0 aliphatic carbocycles. The van der Waals surface area contributed by atoms with Crippen LogP contribution in [0.25, 0.3) is 0 Å². The first-order chi connectivity index (χ1) is 7.65. The van der Waals surface area contributed by atoms with Crippen molar-refractivity contribution in [3.8, 4) is 5.75 Å². The minimum absolute atomic E-state index is 0.147. The van der Waals surface area contributed by atoms with Crippen molar-refractivity contribution in [1.82, 2.24) is 5.32 Å². The van der Waals surface area contributed by atoms with Crippen LogP contribution >= 0.6 is 0 Å². The van der Waals surface area contributed by atoms with Crippen LogP contribution < -0.4 is 10.1 Å². The van der Waals surface area contributed by atoms with Gasteiger partial charge < -0.3 is 15.2 Å². The molecular weight excluding hydrogens is 202 g/mol. The third-order valence-corrected chi connectivity index (χ3v) is 2.54. The first-order valence-electron chi connectivity index (χ1n) is 5.65. The van der Waals surface area contributed by atoms with Crippen LogP contribution in [-0.2, 0) is 6.42 Å². The molecule has 2 N–H and O–H groups in total. The van der Waals surface area contributed by atoms with E-state index in [1.165, 1.54) is 5.56 Å². The zero-order valence-electron chi connectivity index (χ0n) is 10.2. The smallest absolute Gasteiger partial charge is 0.118 e. The van der Waals surface area contributed by atoms with E-state index in [1.54, 1.807) is 7.11 Å². The van der Waals surface area contributed by atoms with Crippen molar-refractivity contribution >= 4 is 0 Å². The van der Waals surface area contributed by atoms with E-state index in [0.717, 1.165) is 12.2 Å². The quantitative estimate of drug-likeness (QED) is 0.769. The van der Waals surface area contributed by atoms with Gasteiger partial charge in [0.2, 0.25) is 0 Å². The Morgan fingerprint density at radius 2 is 1.81 bits per heavy atom. The molecule has 90 valence electrons. The van der Waals surface area contributed by atoms with Gasteiger partial charge >= 0.3 is 0 Å². The Bertz CT molecular complexity index is 297. The van der Waals surface area contributed by atoms with E-state index >= 15 is 0 Å². The van der Waals surface area contributed by atoms with Crippen LogP contribution in [0.5, 0.6) is 5.75 Å². The summed E-state index contributed by atoms with van der Waals surface area (Å²) in [4.78, 5) is 0. The molecule has 0 saturated carbocycles. The fourth-order valence-electron chi connectivity index (χ4n) is 1.71. The van der Waals surface area contributed by atoms with Crippen LogP contribution in [0.3, 0.4) is 0 Å². The second kappa shape index (κ2) is 6.51. The number of hydrogen-bond donors (Lipinski definition) is 2. The highest BCUT2D eigenvalue weighted by atomic mass is 16.5. The Morgan fingerprint density at radius 1 is 1.19 bits per heavy atom. The summed E-state index contributed by atoms with van der Waals surface area (Å²) in [6.45, 7) is 4.27. The van der Waals surface area contributed by atoms with Gasteiger partial charge in [0, 0.05) is 12.1 Å². The molecule has 0 aliphatic heterocycles.